The van der Waals surface area contributed by atoms with Gasteiger partial charge in [-0.1, -0.05) is 0 Å². The number of carbonyl (C=O) groups excluding carboxylic acids is 1. The number of aryl methyl sites for hydroxylation is 1. The lowest BCUT2D eigenvalue weighted by Gasteiger charge is -2.26. The highest BCUT2D eigenvalue weighted by atomic mass is 32.1. The summed E-state index contributed by atoms with van der Waals surface area (Å²) < 4.78 is 5.27. The van der Waals surface area contributed by atoms with Gasteiger partial charge >= 0.3 is 6.03 Å². The van der Waals surface area contributed by atoms with Gasteiger partial charge in [0.1, 0.15) is 0 Å². The first-order valence-corrected chi connectivity index (χ1v) is 7.08. The van der Waals surface area contributed by atoms with Crippen LogP contribution >= 0.6 is 11.3 Å². The Morgan fingerprint density at radius 1 is 1.44 bits per heavy atom. The number of carbonyl (C=O) groups is 1. The highest BCUT2D eigenvalue weighted by Gasteiger charge is 2.10. The standard InChI is InChI=1S/C12H19N3O2S/c1-10-8-18-9-11(10)14-12(16)13-2-3-15-4-6-17-7-5-15/h8-9H,2-7H2,1H3,(H2,13,14,16). The third kappa shape index (κ3) is 3.97. The molecule has 0 bridgehead atoms. The van der Waals surface area contributed by atoms with Crippen molar-refractivity contribution in [1.29, 1.82) is 0 Å². The number of nitrogens with one attached hydrogen (secondary N) is 2. The molecule has 5 nitrogen and oxygen atoms in total. The predicted octanol–water partition coefficient (Wildman–Crippen LogP) is 1.51. The van der Waals surface area contributed by atoms with E-state index in [9.17, 15) is 4.79 Å². The molecular formula is C12H19N3O2S. The summed E-state index contributed by atoms with van der Waals surface area (Å²) in [5.41, 5.74) is 1.99. The number of ether oxygens (including phenoxy) is 1. The first-order chi connectivity index (χ1) is 8.75. The molecule has 1 saturated heterocycles. The third-order valence-corrected chi connectivity index (χ3v) is 3.78. The Morgan fingerprint density at radius 2 is 2.22 bits per heavy atom. The molecule has 18 heavy (non-hydrogen) atoms. The van der Waals surface area contributed by atoms with E-state index >= 15 is 0 Å². The van der Waals surface area contributed by atoms with E-state index in [2.05, 4.69) is 15.5 Å². The van der Waals surface area contributed by atoms with Crippen LogP contribution in [0.15, 0.2) is 10.8 Å². The van der Waals surface area contributed by atoms with Gasteiger partial charge in [0.05, 0.1) is 18.9 Å². The number of anilines is 1. The molecule has 1 aliphatic rings. The first kappa shape index (κ1) is 13.3. The number of morpholine rings is 1. The summed E-state index contributed by atoms with van der Waals surface area (Å²) >= 11 is 1.59. The van der Waals surface area contributed by atoms with Crippen LogP contribution in [0, 0.1) is 6.92 Å². The summed E-state index contributed by atoms with van der Waals surface area (Å²) in [5.74, 6) is 0. The van der Waals surface area contributed by atoms with Gasteiger partial charge in [-0.15, -0.1) is 11.3 Å². The van der Waals surface area contributed by atoms with Gasteiger partial charge in [-0.3, -0.25) is 4.90 Å². The van der Waals surface area contributed by atoms with E-state index in [1.165, 1.54) is 0 Å². The summed E-state index contributed by atoms with van der Waals surface area (Å²) in [4.78, 5) is 13.9. The Kier molecular flexibility index (Phi) is 4.98. The van der Waals surface area contributed by atoms with Gasteiger partial charge < -0.3 is 15.4 Å². The number of amides is 2. The molecule has 1 aromatic rings. The molecule has 2 N–H and O–H groups in total. The average Bonchev–Trinajstić information content (AvgIpc) is 2.76. The molecule has 6 heteroatoms. The molecule has 1 aromatic heterocycles. The number of rotatable bonds is 4. The van der Waals surface area contributed by atoms with Crippen molar-refractivity contribution in [2.75, 3.05) is 44.7 Å². The molecule has 0 saturated carbocycles. The van der Waals surface area contributed by atoms with E-state index in [-0.39, 0.29) is 6.03 Å². The fraction of sp³-hybridized carbons (Fsp3) is 0.583. The zero-order chi connectivity index (χ0) is 12.8. The van der Waals surface area contributed by atoms with Crippen LogP contribution in [-0.4, -0.2) is 50.3 Å². The zero-order valence-electron chi connectivity index (χ0n) is 10.6. The van der Waals surface area contributed by atoms with Crippen molar-refractivity contribution in [2.24, 2.45) is 0 Å². The van der Waals surface area contributed by atoms with Gasteiger partial charge in [-0.25, -0.2) is 4.79 Å². The lowest BCUT2D eigenvalue weighted by atomic mass is 10.3. The Hall–Kier alpha value is -1.11. The second-order valence-corrected chi connectivity index (χ2v) is 5.05. The second-order valence-electron chi connectivity index (χ2n) is 4.30. The maximum absolute atomic E-state index is 11.6. The Balaban J connectivity index is 1.64. The SMILES string of the molecule is Cc1cscc1NC(=O)NCCN1CCOCC1. The van der Waals surface area contributed by atoms with Crippen molar-refractivity contribution in [1.82, 2.24) is 10.2 Å². The molecule has 0 aliphatic carbocycles. The quantitative estimate of drug-likeness (QED) is 0.871. The second kappa shape index (κ2) is 6.72. The summed E-state index contributed by atoms with van der Waals surface area (Å²) in [6.07, 6.45) is 0. The van der Waals surface area contributed by atoms with Crippen molar-refractivity contribution < 1.29 is 9.53 Å². The van der Waals surface area contributed by atoms with Crippen LogP contribution in [0.2, 0.25) is 0 Å². The molecule has 1 aliphatic heterocycles. The van der Waals surface area contributed by atoms with E-state index in [0.717, 1.165) is 44.1 Å². The van der Waals surface area contributed by atoms with Gasteiger partial charge in [-0.2, -0.15) is 0 Å². The van der Waals surface area contributed by atoms with Crippen molar-refractivity contribution >= 4 is 23.1 Å². The molecule has 2 amide bonds. The van der Waals surface area contributed by atoms with Crippen LogP contribution in [0.3, 0.4) is 0 Å². The van der Waals surface area contributed by atoms with Crippen molar-refractivity contribution in [3.8, 4) is 0 Å². The van der Waals surface area contributed by atoms with Crippen LogP contribution in [0.25, 0.3) is 0 Å². The Morgan fingerprint density at radius 3 is 2.89 bits per heavy atom. The van der Waals surface area contributed by atoms with E-state index in [4.69, 9.17) is 4.74 Å². The maximum Gasteiger partial charge on any atom is 0.319 e. The van der Waals surface area contributed by atoms with E-state index in [1.807, 2.05) is 17.7 Å². The van der Waals surface area contributed by atoms with Crippen LogP contribution in [0.4, 0.5) is 10.5 Å². The number of thiophene rings is 1. The minimum atomic E-state index is -0.134. The van der Waals surface area contributed by atoms with E-state index < -0.39 is 0 Å². The number of hydrogen-bond acceptors (Lipinski definition) is 4. The maximum atomic E-state index is 11.6. The molecule has 2 heterocycles. The van der Waals surface area contributed by atoms with Gasteiger partial charge in [-0.05, 0) is 17.9 Å². The van der Waals surface area contributed by atoms with Crippen LogP contribution in [0.1, 0.15) is 5.56 Å². The highest BCUT2D eigenvalue weighted by molar-refractivity contribution is 7.08. The molecule has 1 fully saturated rings. The van der Waals surface area contributed by atoms with Crippen LogP contribution in [-0.2, 0) is 4.74 Å². The minimum absolute atomic E-state index is 0.134. The van der Waals surface area contributed by atoms with E-state index in [0.29, 0.717) is 6.54 Å². The highest BCUT2D eigenvalue weighted by Crippen LogP contribution is 2.18. The monoisotopic (exact) mass is 269 g/mol. The van der Waals surface area contributed by atoms with Gasteiger partial charge in [0.2, 0.25) is 0 Å². The number of hydrogen-bond donors (Lipinski definition) is 2. The predicted molar refractivity (Wildman–Crippen MR) is 73.3 cm³/mol. The van der Waals surface area contributed by atoms with Gasteiger partial charge in [0.15, 0.2) is 0 Å². The normalized spacial score (nSPS) is 16.5. The minimum Gasteiger partial charge on any atom is -0.379 e. The van der Waals surface area contributed by atoms with Crippen molar-refractivity contribution in [3.05, 3.63) is 16.3 Å². The van der Waals surface area contributed by atoms with Crippen molar-refractivity contribution in [2.45, 2.75) is 6.92 Å². The third-order valence-electron chi connectivity index (χ3n) is 2.92. The zero-order valence-corrected chi connectivity index (χ0v) is 11.4. The average molecular weight is 269 g/mol. The lowest BCUT2D eigenvalue weighted by molar-refractivity contribution is 0.0388. The molecule has 100 valence electrons. The molecule has 2 rings (SSSR count). The first-order valence-electron chi connectivity index (χ1n) is 6.13. The van der Waals surface area contributed by atoms with Crippen LogP contribution < -0.4 is 10.6 Å². The van der Waals surface area contributed by atoms with E-state index in [1.54, 1.807) is 11.3 Å². The number of nitrogens with zero attached hydrogens (tertiary/aromatic N) is 1. The summed E-state index contributed by atoms with van der Waals surface area (Å²) in [5, 5.41) is 9.67. The Bertz CT molecular complexity index is 388. The molecular weight excluding hydrogens is 250 g/mol. The molecule has 0 spiro atoms. The fourth-order valence-corrected chi connectivity index (χ4v) is 2.59. The largest absolute Gasteiger partial charge is 0.379 e. The van der Waals surface area contributed by atoms with Gasteiger partial charge in [0.25, 0.3) is 0 Å². The van der Waals surface area contributed by atoms with Crippen molar-refractivity contribution in [3.63, 3.8) is 0 Å². The topological polar surface area (TPSA) is 53.6 Å². The molecule has 0 aromatic carbocycles. The lowest BCUT2D eigenvalue weighted by Crippen LogP contribution is -2.42. The summed E-state index contributed by atoms with van der Waals surface area (Å²) in [7, 11) is 0. The smallest absolute Gasteiger partial charge is 0.319 e. The Labute approximate surface area is 111 Å². The molecule has 0 radical (unpaired) electrons. The number of urea groups is 1. The van der Waals surface area contributed by atoms with Crippen LogP contribution in [0.5, 0.6) is 0 Å². The molecule has 0 atom stereocenters. The summed E-state index contributed by atoms with van der Waals surface area (Å²) in [6, 6.07) is -0.134. The van der Waals surface area contributed by atoms with Gasteiger partial charge in [0, 0.05) is 31.6 Å². The molecule has 0 unspecified atom stereocenters. The summed E-state index contributed by atoms with van der Waals surface area (Å²) in [6.45, 7) is 7.01. The fourth-order valence-electron chi connectivity index (χ4n) is 1.81.